The van der Waals surface area contributed by atoms with Gasteiger partial charge in [0.05, 0.1) is 13.2 Å². The SMILES string of the molecule is CC(C)COc1ccc(CN2C[C@@H]3[C@@H](COCCCN4CCCCC4)[C@@H]3C2)cc1. The van der Waals surface area contributed by atoms with Crippen molar-refractivity contribution in [1.29, 1.82) is 0 Å². The lowest BCUT2D eigenvalue weighted by Gasteiger charge is -2.26. The number of hydrogen-bond donors (Lipinski definition) is 0. The van der Waals surface area contributed by atoms with E-state index in [1.807, 2.05) is 0 Å². The van der Waals surface area contributed by atoms with Gasteiger partial charge in [-0.3, -0.25) is 4.90 Å². The molecule has 0 radical (unpaired) electrons. The van der Waals surface area contributed by atoms with Crippen molar-refractivity contribution in [2.75, 3.05) is 52.5 Å². The summed E-state index contributed by atoms with van der Waals surface area (Å²) < 4.78 is 11.8. The Morgan fingerprint density at radius 1 is 0.966 bits per heavy atom. The number of benzene rings is 1. The molecule has 2 saturated heterocycles. The van der Waals surface area contributed by atoms with Crippen LogP contribution < -0.4 is 4.74 Å². The van der Waals surface area contributed by atoms with Crippen LogP contribution in [0.1, 0.15) is 45.1 Å². The van der Waals surface area contributed by atoms with Crippen molar-refractivity contribution in [2.45, 2.75) is 46.1 Å². The Kier molecular flexibility index (Phi) is 7.49. The van der Waals surface area contributed by atoms with Gasteiger partial charge >= 0.3 is 0 Å². The molecule has 2 aliphatic heterocycles. The van der Waals surface area contributed by atoms with Gasteiger partial charge in [0, 0.05) is 32.8 Å². The number of piperidine rings is 2. The maximum atomic E-state index is 6.03. The second-order valence-electron chi connectivity index (χ2n) is 9.87. The summed E-state index contributed by atoms with van der Waals surface area (Å²) in [6, 6.07) is 8.69. The first kappa shape index (κ1) is 21.1. The molecule has 3 fully saturated rings. The molecule has 29 heavy (non-hydrogen) atoms. The number of nitrogens with zero attached hydrogens (tertiary/aromatic N) is 2. The Bertz CT molecular complexity index is 600. The second kappa shape index (κ2) is 10.3. The normalized spacial score (nSPS) is 27.3. The number of ether oxygens (including phenoxy) is 2. The first-order chi connectivity index (χ1) is 14.2. The van der Waals surface area contributed by atoms with Crippen molar-refractivity contribution < 1.29 is 9.47 Å². The molecule has 0 unspecified atom stereocenters. The summed E-state index contributed by atoms with van der Waals surface area (Å²) in [6.07, 6.45) is 5.40. The maximum absolute atomic E-state index is 6.03. The Morgan fingerprint density at radius 3 is 2.38 bits per heavy atom. The van der Waals surface area contributed by atoms with Crippen LogP contribution in [-0.4, -0.2) is 62.3 Å². The fraction of sp³-hybridized carbons (Fsp3) is 0.760. The number of likely N-dealkylation sites (tertiary alicyclic amines) is 2. The van der Waals surface area contributed by atoms with Crippen molar-refractivity contribution in [1.82, 2.24) is 9.80 Å². The van der Waals surface area contributed by atoms with Crippen molar-refractivity contribution in [3.05, 3.63) is 29.8 Å². The summed E-state index contributed by atoms with van der Waals surface area (Å²) in [7, 11) is 0. The van der Waals surface area contributed by atoms with Crippen LogP contribution in [0.15, 0.2) is 24.3 Å². The molecule has 4 nitrogen and oxygen atoms in total. The quantitative estimate of drug-likeness (QED) is 0.517. The van der Waals surface area contributed by atoms with Crippen LogP contribution in [0.5, 0.6) is 5.75 Å². The number of rotatable bonds is 11. The zero-order valence-corrected chi connectivity index (χ0v) is 18.5. The first-order valence-electron chi connectivity index (χ1n) is 11.9. The zero-order chi connectivity index (χ0) is 20.1. The Labute approximate surface area is 177 Å². The topological polar surface area (TPSA) is 24.9 Å². The Balaban J connectivity index is 1.07. The third-order valence-electron chi connectivity index (χ3n) is 6.88. The molecule has 1 aromatic rings. The van der Waals surface area contributed by atoms with Crippen molar-refractivity contribution in [3.8, 4) is 5.75 Å². The molecule has 4 rings (SSSR count). The van der Waals surface area contributed by atoms with E-state index in [1.165, 1.54) is 64.0 Å². The summed E-state index contributed by atoms with van der Waals surface area (Å²) in [5.41, 5.74) is 1.40. The molecule has 0 bridgehead atoms. The highest BCUT2D eigenvalue weighted by Crippen LogP contribution is 2.52. The lowest BCUT2D eigenvalue weighted by molar-refractivity contribution is 0.0967. The second-order valence-corrected chi connectivity index (χ2v) is 9.87. The molecular weight excluding hydrogens is 360 g/mol. The van der Waals surface area contributed by atoms with Gasteiger partial charge in [0.15, 0.2) is 0 Å². The predicted octanol–water partition coefficient (Wildman–Crippen LogP) is 4.29. The fourth-order valence-corrected chi connectivity index (χ4v) is 5.12. The van der Waals surface area contributed by atoms with E-state index in [-0.39, 0.29) is 0 Å². The molecule has 0 spiro atoms. The highest BCUT2D eigenvalue weighted by molar-refractivity contribution is 5.27. The van der Waals surface area contributed by atoms with Gasteiger partial charge in [0.1, 0.15) is 5.75 Å². The van der Waals surface area contributed by atoms with E-state index in [2.05, 4.69) is 47.9 Å². The van der Waals surface area contributed by atoms with E-state index in [0.717, 1.165) is 49.9 Å². The van der Waals surface area contributed by atoms with Crippen molar-refractivity contribution >= 4 is 0 Å². The van der Waals surface area contributed by atoms with Crippen LogP contribution in [0.2, 0.25) is 0 Å². The highest BCUT2D eigenvalue weighted by Gasteiger charge is 2.55. The van der Waals surface area contributed by atoms with E-state index >= 15 is 0 Å². The van der Waals surface area contributed by atoms with Crippen molar-refractivity contribution in [3.63, 3.8) is 0 Å². The maximum Gasteiger partial charge on any atom is 0.119 e. The predicted molar refractivity (Wildman–Crippen MR) is 118 cm³/mol. The van der Waals surface area contributed by atoms with Crippen LogP contribution in [0.4, 0.5) is 0 Å². The minimum atomic E-state index is 0.567. The molecule has 0 amide bonds. The third kappa shape index (κ3) is 6.19. The fourth-order valence-electron chi connectivity index (χ4n) is 5.12. The molecule has 1 saturated carbocycles. The van der Waals surface area contributed by atoms with Gasteiger partial charge in [-0.05, 0) is 73.7 Å². The smallest absolute Gasteiger partial charge is 0.119 e. The van der Waals surface area contributed by atoms with Gasteiger partial charge in [0.25, 0.3) is 0 Å². The van der Waals surface area contributed by atoms with Gasteiger partial charge in [-0.2, -0.15) is 0 Å². The molecule has 2 heterocycles. The van der Waals surface area contributed by atoms with Crippen LogP contribution in [0.3, 0.4) is 0 Å². The average Bonchev–Trinajstić information content (AvgIpc) is 3.18. The zero-order valence-electron chi connectivity index (χ0n) is 18.5. The van der Waals surface area contributed by atoms with Crippen LogP contribution in [0, 0.1) is 23.7 Å². The van der Waals surface area contributed by atoms with E-state index in [0.29, 0.717) is 5.92 Å². The monoisotopic (exact) mass is 400 g/mol. The number of hydrogen-bond acceptors (Lipinski definition) is 4. The lowest BCUT2D eigenvalue weighted by atomic mass is 10.1. The Morgan fingerprint density at radius 2 is 1.69 bits per heavy atom. The minimum absolute atomic E-state index is 0.567. The van der Waals surface area contributed by atoms with Gasteiger partial charge in [0.2, 0.25) is 0 Å². The molecule has 1 aromatic carbocycles. The lowest BCUT2D eigenvalue weighted by Crippen LogP contribution is -2.31. The molecule has 0 N–H and O–H groups in total. The van der Waals surface area contributed by atoms with Crippen molar-refractivity contribution in [2.24, 2.45) is 23.7 Å². The third-order valence-corrected chi connectivity index (χ3v) is 6.88. The standard InChI is InChI=1S/C25H40N2O2/c1-20(2)18-29-22-9-7-21(8-10-22)15-27-16-23-24(17-27)25(23)19-28-14-6-13-26-11-4-3-5-12-26/h7-10,20,23-25H,3-6,11-19H2,1-2H3/t23-,24+,25+. The van der Waals surface area contributed by atoms with Gasteiger partial charge in [-0.1, -0.05) is 32.4 Å². The van der Waals surface area contributed by atoms with Gasteiger partial charge in [-0.15, -0.1) is 0 Å². The molecule has 1 aliphatic carbocycles. The highest BCUT2D eigenvalue weighted by atomic mass is 16.5. The van der Waals surface area contributed by atoms with Crippen LogP contribution >= 0.6 is 0 Å². The molecule has 3 atom stereocenters. The van der Waals surface area contributed by atoms with Crippen LogP contribution in [0.25, 0.3) is 0 Å². The summed E-state index contributed by atoms with van der Waals surface area (Å²) in [6.45, 7) is 14.5. The van der Waals surface area contributed by atoms with E-state index in [1.54, 1.807) is 0 Å². The Hall–Kier alpha value is -1.10. The molecule has 4 heteroatoms. The van der Waals surface area contributed by atoms with E-state index < -0.39 is 0 Å². The van der Waals surface area contributed by atoms with Gasteiger partial charge in [-0.25, -0.2) is 0 Å². The average molecular weight is 401 g/mol. The first-order valence-corrected chi connectivity index (χ1v) is 11.9. The molecule has 162 valence electrons. The summed E-state index contributed by atoms with van der Waals surface area (Å²) in [5.74, 6) is 4.14. The molecule has 0 aromatic heterocycles. The van der Waals surface area contributed by atoms with Crippen LogP contribution in [-0.2, 0) is 11.3 Å². The molecular formula is C25H40N2O2. The van der Waals surface area contributed by atoms with E-state index in [4.69, 9.17) is 9.47 Å². The van der Waals surface area contributed by atoms with E-state index in [9.17, 15) is 0 Å². The minimum Gasteiger partial charge on any atom is -0.493 e. The largest absolute Gasteiger partial charge is 0.493 e. The van der Waals surface area contributed by atoms with Gasteiger partial charge < -0.3 is 14.4 Å². The summed E-state index contributed by atoms with van der Waals surface area (Å²) in [5, 5.41) is 0. The molecule has 3 aliphatic rings. The summed E-state index contributed by atoms with van der Waals surface area (Å²) in [4.78, 5) is 5.23. The summed E-state index contributed by atoms with van der Waals surface area (Å²) >= 11 is 0. The number of fused-ring (bicyclic) bond motifs is 1.